The molecule has 5 N–H and O–H groups in total. The highest BCUT2D eigenvalue weighted by molar-refractivity contribution is 6.22. The average molecular weight is 558 g/mol. The minimum absolute atomic E-state index is 0. The lowest BCUT2D eigenvalue weighted by Gasteiger charge is -2.46. The van der Waals surface area contributed by atoms with Crippen molar-refractivity contribution in [1.82, 2.24) is 15.2 Å². The number of amidine groups is 1. The van der Waals surface area contributed by atoms with Gasteiger partial charge in [0.1, 0.15) is 29.8 Å². The van der Waals surface area contributed by atoms with Gasteiger partial charge in [-0.05, 0) is 67.9 Å². The van der Waals surface area contributed by atoms with Gasteiger partial charge in [0, 0.05) is 19.3 Å². The minimum Gasteiger partial charge on any atom is -0.477 e. The topological polar surface area (TPSA) is 162 Å². The van der Waals surface area contributed by atoms with Crippen molar-refractivity contribution >= 4 is 54.6 Å². The summed E-state index contributed by atoms with van der Waals surface area (Å²) in [5, 5.41) is 19.3. The van der Waals surface area contributed by atoms with E-state index in [9.17, 15) is 14.4 Å². The number of nitrogens with two attached hydrogens (primary N) is 1. The molecule has 1 aromatic rings. The normalized spacial score (nSPS) is 23.3. The van der Waals surface area contributed by atoms with Crippen molar-refractivity contribution in [2.24, 2.45) is 28.5 Å². The summed E-state index contributed by atoms with van der Waals surface area (Å²) in [6.07, 6.45) is 7.37. The molecule has 1 aromatic heterocycles. The molecule has 1 aliphatic carbocycles. The highest BCUT2D eigenvalue weighted by Crippen LogP contribution is 2.46. The molecule has 2 heterocycles. The van der Waals surface area contributed by atoms with Crippen LogP contribution in [0.3, 0.4) is 0 Å². The molecule has 2 fully saturated rings. The van der Waals surface area contributed by atoms with Crippen molar-refractivity contribution in [2.45, 2.75) is 64.5 Å². The van der Waals surface area contributed by atoms with E-state index in [4.69, 9.17) is 16.2 Å². The average Bonchev–Trinajstić information content (AvgIpc) is 3.29. The summed E-state index contributed by atoms with van der Waals surface area (Å²) in [6.45, 7) is 4.86. The highest BCUT2D eigenvalue weighted by atomic mass is 35.5. The fraction of sp³-hybridized carbons (Fsp3) is 0.600. The van der Waals surface area contributed by atoms with Crippen LogP contribution in [-0.2, 0) is 20.9 Å². The zero-order chi connectivity index (χ0) is 25.6. The molecule has 1 aliphatic heterocycles. The van der Waals surface area contributed by atoms with Crippen LogP contribution in [0.25, 0.3) is 0 Å². The largest absolute Gasteiger partial charge is 0.477 e. The summed E-state index contributed by atoms with van der Waals surface area (Å²) < 4.78 is 0. The van der Waals surface area contributed by atoms with Crippen molar-refractivity contribution in [3.63, 3.8) is 0 Å². The molecule has 1 atom stereocenters. The van der Waals surface area contributed by atoms with Crippen molar-refractivity contribution in [1.29, 1.82) is 5.41 Å². The molecule has 12 heteroatoms. The van der Waals surface area contributed by atoms with Crippen LogP contribution < -0.4 is 11.1 Å². The number of nitrogen functional groups attached to an aromatic ring is 1. The van der Waals surface area contributed by atoms with Gasteiger partial charge >= 0.3 is 5.97 Å². The third kappa shape index (κ3) is 7.64. The van der Waals surface area contributed by atoms with E-state index in [-0.39, 0.29) is 61.5 Å². The monoisotopic (exact) mass is 556 g/mol. The number of nitrogens with zero attached hydrogens (tertiary/aromatic N) is 3. The zero-order valence-electron chi connectivity index (χ0n) is 21.3. The van der Waals surface area contributed by atoms with Gasteiger partial charge in [-0.25, -0.2) is 4.79 Å². The smallest absolute Gasteiger partial charge is 0.346 e. The quantitative estimate of drug-likeness (QED) is 0.270. The van der Waals surface area contributed by atoms with Gasteiger partial charge in [0.15, 0.2) is 0 Å². The molecule has 206 valence electrons. The number of amides is 2. The van der Waals surface area contributed by atoms with Crippen LogP contribution in [0, 0.1) is 23.2 Å². The van der Waals surface area contributed by atoms with Gasteiger partial charge in [-0.3, -0.25) is 25.0 Å². The molecule has 0 spiro atoms. The zero-order valence-corrected chi connectivity index (χ0v) is 22.9. The van der Waals surface area contributed by atoms with E-state index in [2.05, 4.69) is 29.1 Å². The van der Waals surface area contributed by atoms with Gasteiger partial charge in [0.25, 0.3) is 0 Å². The number of likely N-dealkylation sites (tertiary alicyclic amines) is 1. The first-order chi connectivity index (χ1) is 16.6. The Labute approximate surface area is 230 Å². The van der Waals surface area contributed by atoms with Crippen molar-refractivity contribution in [2.75, 3.05) is 13.1 Å². The minimum atomic E-state index is -1.21. The number of halogens is 2. The molecule has 1 saturated carbocycles. The number of rotatable bonds is 9. The van der Waals surface area contributed by atoms with Gasteiger partial charge < -0.3 is 21.1 Å². The van der Waals surface area contributed by atoms with Crippen LogP contribution in [-0.4, -0.2) is 63.5 Å². The number of aliphatic carboxylic acids is 1. The SMILES string of the molecule is CC(C)C1CCC([C@@]2(C(=O)NCc3ccc(C(=N)N)nc3)CCCN2C(=O)CN=CC(=O)O)CC1.Cl.Cl. The molecule has 3 rings (SSSR count). The van der Waals surface area contributed by atoms with E-state index < -0.39 is 11.5 Å². The predicted octanol–water partition coefficient (Wildman–Crippen LogP) is 2.80. The maximum atomic E-state index is 13.8. The molecule has 1 saturated heterocycles. The number of hydrogen-bond donors (Lipinski definition) is 4. The van der Waals surface area contributed by atoms with E-state index in [0.29, 0.717) is 36.9 Å². The molecular weight excluding hydrogens is 519 g/mol. The number of carboxylic acid groups (broad SMARTS) is 1. The Morgan fingerprint density at radius 1 is 1.27 bits per heavy atom. The van der Waals surface area contributed by atoms with E-state index in [1.165, 1.54) is 0 Å². The molecule has 0 unspecified atom stereocenters. The third-order valence-electron chi connectivity index (χ3n) is 7.49. The Hall–Kier alpha value is -2.72. The van der Waals surface area contributed by atoms with Gasteiger partial charge in [-0.15, -0.1) is 24.8 Å². The van der Waals surface area contributed by atoms with Crippen LogP contribution in [0.1, 0.15) is 63.6 Å². The summed E-state index contributed by atoms with van der Waals surface area (Å²) in [6, 6.07) is 3.40. The maximum Gasteiger partial charge on any atom is 0.346 e. The van der Waals surface area contributed by atoms with Crippen LogP contribution in [0.2, 0.25) is 0 Å². The summed E-state index contributed by atoms with van der Waals surface area (Å²) in [7, 11) is 0. The maximum absolute atomic E-state index is 13.8. The fourth-order valence-electron chi connectivity index (χ4n) is 5.61. The number of aliphatic imine (C=N–C) groups is 1. The van der Waals surface area contributed by atoms with Gasteiger partial charge in [-0.1, -0.05) is 19.9 Å². The molecule has 0 bridgehead atoms. The number of carbonyl (C=O) groups is 3. The summed E-state index contributed by atoms with van der Waals surface area (Å²) >= 11 is 0. The molecule has 10 nitrogen and oxygen atoms in total. The first kappa shape index (κ1) is 32.3. The van der Waals surface area contributed by atoms with E-state index in [1.807, 2.05) is 0 Å². The van der Waals surface area contributed by atoms with Crippen molar-refractivity contribution < 1.29 is 19.5 Å². The second-order valence-corrected chi connectivity index (χ2v) is 9.88. The van der Waals surface area contributed by atoms with Crippen molar-refractivity contribution in [3.8, 4) is 0 Å². The number of aromatic nitrogens is 1. The summed E-state index contributed by atoms with van der Waals surface area (Å²) in [4.78, 5) is 47.3. The fourth-order valence-corrected chi connectivity index (χ4v) is 5.61. The number of nitrogens with one attached hydrogen (secondary N) is 2. The Bertz CT molecular complexity index is 980. The Kier molecular flexibility index (Phi) is 12.5. The summed E-state index contributed by atoms with van der Waals surface area (Å²) in [5.74, 6) is -0.615. The van der Waals surface area contributed by atoms with Crippen molar-refractivity contribution in [3.05, 3.63) is 29.6 Å². The summed E-state index contributed by atoms with van der Waals surface area (Å²) in [5.41, 5.74) is 5.63. The number of carboxylic acids is 1. The van der Waals surface area contributed by atoms with E-state index in [1.54, 1.807) is 23.2 Å². The standard InChI is InChI=1S/C25H36N6O4.2ClH/c1-16(2)18-5-7-19(8-6-18)25(10-3-11-31(25)21(32)14-28-15-22(33)34)24(35)30-13-17-4-9-20(23(26)27)29-12-17;;/h4,9,12,15-16,18-19H,3,5-8,10-11,13-14H2,1-2H3,(H3,26,27)(H,30,35)(H,33,34);2*1H/t18?,19?,25-;;/m1../s1. The molecule has 2 aliphatic rings. The van der Waals surface area contributed by atoms with Gasteiger partial charge in [0.2, 0.25) is 11.8 Å². The van der Waals surface area contributed by atoms with Crippen LogP contribution in [0.15, 0.2) is 23.3 Å². The van der Waals surface area contributed by atoms with Gasteiger partial charge in [0.05, 0.1) is 0 Å². The van der Waals surface area contributed by atoms with Crippen LogP contribution >= 0.6 is 24.8 Å². The van der Waals surface area contributed by atoms with Gasteiger partial charge in [-0.2, -0.15) is 0 Å². The molecule has 0 radical (unpaired) electrons. The molecule has 0 aromatic carbocycles. The second kappa shape index (κ2) is 14.3. The second-order valence-electron chi connectivity index (χ2n) is 9.88. The lowest BCUT2D eigenvalue weighted by Crippen LogP contribution is -2.62. The Morgan fingerprint density at radius 2 is 1.95 bits per heavy atom. The first-order valence-corrected chi connectivity index (χ1v) is 12.3. The molecular formula is C25H38Cl2N6O4. The lowest BCUT2D eigenvalue weighted by atomic mass is 9.68. The lowest BCUT2D eigenvalue weighted by molar-refractivity contribution is -0.149. The number of hydrogen-bond acceptors (Lipinski definition) is 6. The Morgan fingerprint density at radius 3 is 2.49 bits per heavy atom. The highest BCUT2D eigenvalue weighted by Gasteiger charge is 2.54. The predicted molar refractivity (Wildman–Crippen MR) is 147 cm³/mol. The molecule has 2 amide bonds. The Balaban J connectivity index is 0.00000342. The van der Waals surface area contributed by atoms with Crippen LogP contribution in [0.4, 0.5) is 0 Å². The first-order valence-electron chi connectivity index (χ1n) is 12.3. The van der Waals surface area contributed by atoms with E-state index >= 15 is 0 Å². The van der Waals surface area contributed by atoms with Crippen LogP contribution in [0.5, 0.6) is 0 Å². The molecule has 37 heavy (non-hydrogen) atoms. The third-order valence-corrected chi connectivity index (χ3v) is 7.49. The van der Waals surface area contributed by atoms with E-state index in [0.717, 1.165) is 37.5 Å². The number of carbonyl (C=O) groups excluding carboxylic acids is 2. The number of pyridine rings is 1.